The van der Waals surface area contributed by atoms with Gasteiger partial charge in [0.05, 0.1) is 0 Å². The number of hydrogen-bond acceptors (Lipinski definition) is 2. The fourth-order valence-corrected chi connectivity index (χ4v) is 3.16. The molecule has 112 valence electrons. The molecule has 0 spiro atoms. The van der Waals surface area contributed by atoms with Crippen LogP contribution in [0.5, 0.6) is 0 Å². The minimum atomic E-state index is 0.573. The van der Waals surface area contributed by atoms with Crippen molar-refractivity contribution >= 4 is 0 Å². The Morgan fingerprint density at radius 1 is 1.00 bits per heavy atom. The smallest absolute Gasteiger partial charge is 0.0374 e. The van der Waals surface area contributed by atoms with Crippen molar-refractivity contribution in [2.24, 2.45) is 5.92 Å². The average Bonchev–Trinajstić information content (AvgIpc) is 2.49. The zero-order chi connectivity index (χ0) is 14.5. The van der Waals surface area contributed by atoms with E-state index in [1.165, 1.54) is 30.6 Å². The molecule has 0 bridgehead atoms. The topological polar surface area (TPSA) is 15.3 Å². The fraction of sp³-hybridized carbons (Fsp3) is 0.667. The Bertz CT molecular complexity index is 390. The zero-order valence-electron chi connectivity index (χ0n) is 13.5. The standard InChI is InChI=1S/C18H30N2/c1-5-15(4)18(20-12-10-19-11-13-20)17-8-6-16(7-9-17)14(2)3/h6-9,14-15,18-19H,5,10-13H2,1-4H3/t15?,18-/m1/s1. The first-order valence-corrected chi connectivity index (χ1v) is 8.18. The molecule has 0 aliphatic carbocycles. The highest BCUT2D eigenvalue weighted by atomic mass is 15.2. The maximum absolute atomic E-state index is 3.46. The number of nitrogens with one attached hydrogen (secondary N) is 1. The van der Waals surface area contributed by atoms with E-state index in [1.807, 2.05) is 0 Å². The van der Waals surface area contributed by atoms with Crippen LogP contribution in [0, 0.1) is 5.92 Å². The second-order valence-electron chi connectivity index (χ2n) is 6.44. The lowest BCUT2D eigenvalue weighted by Crippen LogP contribution is -2.46. The Kier molecular flexibility index (Phi) is 5.62. The summed E-state index contributed by atoms with van der Waals surface area (Å²) in [6.07, 6.45) is 1.24. The van der Waals surface area contributed by atoms with Gasteiger partial charge in [0, 0.05) is 32.2 Å². The Hall–Kier alpha value is -0.860. The van der Waals surface area contributed by atoms with E-state index in [2.05, 4.69) is 62.2 Å². The molecule has 1 aromatic carbocycles. The Balaban J connectivity index is 2.21. The number of benzene rings is 1. The summed E-state index contributed by atoms with van der Waals surface area (Å²) in [5, 5.41) is 3.46. The van der Waals surface area contributed by atoms with Crippen molar-refractivity contribution in [1.82, 2.24) is 10.2 Å². The second-order valence-corrected chi connectivity index (χ2v) is 6.44. The summed E-state index contributed by atoms with van der Waals surface area (Å²) < 4.78 is 0. The molecule has 1 unspecified atom stereocenters. The zero-order valence-corrected chi connectivity index (χ0v) is 13.5. The summed E-state index contributed by atoms with van der Waals surface area (Å²) in [5.74, 6) is 1.32. The van der Waals surface area contributed by atoms with E-state index in [9.17, 15) is 0 Å². The van der Waals surface area contributed by atoms with E-state index < -0.39 is 0 Å². The molecule has 1 saturated heterocycles. The molecule has 0 saturated carbocycles. The van der Waals surface area contributed by atoms with Crippen LogP contribution in [-0.4, -0.2) is 31.1 Å². The first-order valence-electron chi connectivity index (χ1n) is 8.18. The van der Waals surface area contributed by atoms with Gasteiger partial charge in [-0.2, -0.15) is 0 Å². The summed E-state index contributed by atoms with van der Waals surface area (Å²) in [6.45, 7) is 13.8. The van der Waals surface area contributed by atoms with Gasteiger partial charge in [0.1, 0.15) is 0 Å². The van der Waals surface area contributed by atoms with Gasteiger partial charge in [0.15, 0.2) is 0 Å². The minimum absolute atomic E-state index is 0.573. The van der Waals surface area contributed by atoms with Crippen molar-refractivity contribution < 1.29 is 0 Å². The van der Waals surface area contributed by atoms with E-state index in [0.29, 0.717) is 17.9 Å². The first kappa shape index (κ1) is 15.5. The molecule has 1 aromatic rings. The molecule has 20 heavy (non-hydrogen) atoms. The number of nitrogens with zero attached hydrogens (tertiary/aromatic N) is 1. The van der Waals surface area contributed by atoms with Crippen LogP contribution in [0.2, 0.25) is 0 Å². The quantitative estimate of drug-likeness (QED) is 0.878. The van der Waals surface area contributed by atoms with E-state index >= 15 is 0 Å². The molecule has 1 aliphatic rings. The van der Waals surface area contributed by atoms with Gasteiger partial charge in [-0.05, 0) is 23.0 Å². The monoisotopic (exact) mass is 274 g/mol. The van der Waals surface area contributed by atoms with Crippen molar-refractivity contribution in [3.63, 3.8) is 0 Å². The molecular weight excluding hydrogens is 244 g/mol. The van der Waals surface area contributed by atoms with Crippen LogP contribution in [0.15, 0.2) is 24.3 Å². The molecule has 2 atom stereocenters. The molecule has 1 N–H and O–H groups in total. The van der Waals surface area contributed by atoms with Crippen LogP contribution in [0.1, 0.15) is 57.2 Å². The van der Waals surface area contributed by atoms with E-state index in [4.69, 9.17) is 0 Å². The van der Waals surface area contributed by atoms with Crippen LogP contribution in [0.4, 0.5) is 0 Å². The summed E-state index contributed by atoms with van der Waals surface area (Å²) in [4.78, 5) is 2.66. The molecule has 1 heterocycles. The van der Waals surface area contributed by atoms with Gasteiger partial charge in [0.25, 0.3) is 0 Å². The largest absolute Gasteiger partial charge is 0.314 e. The van der Waals surface area contributed by atoms with Gasteiger partial charge >= 0.3 is 0 Å². The maximum Gasteiger partial charge on any atom is 0.0374 e. The van der Waals surface area contributed by atoms with Gasteiger partial charge in [-0.3, -0.25) is 4.90 Å². The third-order valence-electron chi connectivity index (χ3n) is 4.67. The third kappa shape index (κ3) is 3.62. The maximum atomic E-state index is 3.46. The lowest BCUT2D eigenvalue weighted by Gasteiger charge is -2.38. The summed E-state index contributed by atoms with van der Waals surface area (Å²) in [6, 6.07) is 9.92. The van der Waals surface area contributed by atoms with Crippen molar-refractivity contribution in [2.75, 3.05) is 26.2 Å². The normalized spacial score (nSPS) is 20.1. The van der Waals surface area contributed by atoms with Gasteiger partial charge in [-0.25, -0.2) is 0 Å². The second kappa shape index (κ2) is 7.24. The first-order chi connectivity index (χ1) is 9.63. The van der Waals surface area contributed by atoms with Crippen LogP contribution in [0.25, 0.3) is 0 Å². The van der Waals surface area contributed by atoms with Crippen molar-refractivity contribution in [3.05, 3.63) is 35.4 Å². The lowest BCUT2D eigenvalue weighted by atomic mass is 9.89. The molecule has 1 fully saturated rings. The van der Waals surface area contributed by atoms with Gasteiger partial charge in [-0.15, -0.1) is 0 Å². The predicted octanol–water partition coefficient (Wildman–Crippen LogP) is 3.80. The molecular formula is C18H30N2. The average molecular weight is 274 g/mol. The molecule has 1 aliphatic heterocycles. The molecule has 2 heteroatoms. The highest BCUT2D eigenvalue weighted by Crippen LogP contribution is 2.31. The molecule has 0 aromatic heterocycles. The van der Waals surface area contributed by atoms with Crippen LogP contribution in [0.3, 0.4) is 0 Å². The highest BCUT2D eigenvalue weighted by Gasteiger charge is 2.26. The van der Waals surface area contributed by atoms with Crippen LogP contribution >= 0.6 is 0 Å². The Morgan fingerprint density at radius 2 is 1.55 bits per heavy atom. The number of piperazine rings is 1. The van der Waals surface area contributed by atoms with Crippen molar-refractivity contribution in [2.45, 2.75) is 46.1 Å². The molecule has 2 nitrogen and oxygen atoms in total. The van der Waals surface area contributed by atoms with Gasteiger partial charge < -0.3 is 5.32 Å². The van der Waals surface area contributed by atoms with Gasteiger partial charge in [-0.1, -0.05) is 58.4 Å². The molecule has 2 rings (SSSR count). The van der Waals surface area contributed by atoms with E-state index in [-0.39, 0.29) is 0 Å². The SMILES string of the molecule is CCC(C)[C@H](c1ccc(C(C)C)cc1)N1CCNCC1. The van der Waals surface area contributed by atoms with Gasteiger partial charge in [0.2, 0.25) is 0 Å². The Morgan fingerprint density at radius 3 is 2.05 bits per heavy atom. The van der Waals surface area contributed by atoms with E-state index in [0.717, 1.165) is 13.1 Å². The minimum Gasteiger partial charge on any atom is -0.314 e. The third-order valence-corrected chi connectivity index (χ3v) is 4.67. The number of rotatable bonds is 5. The highest BCUT2D eigenvalue weighted by molar-refractivity contribution is 5.27. The number of hydrogen-bond donors (Lipinski definition) is 1. The van der Waals surface area contributed by atoms with Crippen LogP contribution < -0.4 is 5.32 Å². The summed E-state index contributed by atoms with van der Waals surface area (Å²) in [7, 11) is 0. The molecule has 0 radical (unpaired) electrons. The van der Waals surface area contributed by atoms with Crippen molar-refractivity contribution in [1.29, 1.82) is 0 Å². The predicted molar refractivity (Wildman–Crippen MR) is 87.2 cm³/mol. The Labute approximate surface area is 124 Å². The summed E-state index contributed by atoms with van der Waals surface area (Å²) in [5.41, 5.74) is 2.93. The lowest BCUT2D eigenvalue weighted by molar-refractivity contribution is 0.128. The fourth-order valence-electron chi connectivity index (χ4n) is 3.16. The summed E-state index contributed by atoms with van der Waals surface area (Å²) >= 11 is 0. The van der Waals surface area contributed by atoms with Crippen LogP contribution in [-0.2, 0) is 0 Å². The van der Waals surface area contributed by atoms with Crippen molar-refractivity contribution in [3.8, 4) is 0 Å². The van der Waals surface area contributed by atoms with E-state index in [1.54, 1.807) is 0 Å². The molecule has 0 amide bonds.